The second-order valence-electron chi connectivity index (χ2n) is 3.94. The molecule has 2 N–H and O–H groups in total. The second kappa shape index (κ2) is 5.03. The summed E-state index contributed by atoms with van der Waals surface area (Å²) in [6.07, 6.45) is 0. The molecule has 0 unspecified atom stereocenters. The van der Waals surface area contributed by atoms with Gasteiger partial charge in [-0.05, 0) is 29.6 Å². The Morgan fingerprint density at radius 1 is 1.25 bits per heavy atom. The van der Waals surface area contributed by atoms with Crippen LogP contribution in [0.4, 0.5) is 5.13 Å². The molecule has 2 heterocycles. The van der Waals surface area contributed by atoms with Crippen molar-refractivity contribution in [3.8, 4) is 0 Å². The Balaban J connectivity index is 1.89. The number of carbonyl (C=O) groups excluding carboxylic acids is 1. The van der Waals surface area contributed by atoms with Gasteiger partial charge in [0.25, 0.3) is 5.91 Å². The van der Waals surface area contributed by atoms with Gasteiger partial charge in [-0.25, -0.2) is 9.78 Å². The Kier molecular flexibility index (Phi) is 3.21. The maximum absolute atomic E-state index is 11.9. The highest BCUT2D eigenvalue weighted by Gasteiger charge is 2.12. The third kappa shape index (κ3) is 2.40. The summed E-state index contributed by atoms with van der Waals surface area (Å²) in [6.45, 7) is 0. The van der Waals surface area contributed by atoms with Crippen LogP contribution < -0.4 is 5.32 Å². The second-order valence-corrected chi connectivity index (χ2v) is 5.92. The van der Waals surface area contributed by atoms with Crippen molar-refractivity contribution < 1.29 is 14.7 Å². The highest BCUT2D eigenvalue weighted by Crippen LogP contribution is 2.27. The Hall–Kier alpha value is -2.25. The molecule has 3 rings (SSSR count). The summed E-state index contributed by atoms with van der Waals surface area (Å²) in [7, 11) is 0. The van der Waals surface area contributed by atoms with Crippen molar-refractivity contribution in [3.63, 3.8) is 0 Å². The molecule has 100 valence electrons. The van der Waals surface area contributed by atoms with Crippen molar-refractivity contribution in [2.24, 2.45) is 0 Å². The van der Waals surface area contributed by atoms with E-state index in [1.54, 1.807) is 24.3 Å². The zero-order chi connectivity index (χ0) is 14.1. The van der Waals surface area contributed by atoms with E-state index >= 15 is 0 Å². The van der Waals surface area contributed by atoms with Crippen LogP contribution in [0, 0.1) is 0 Å². The number of carboxylic acid groups (broad SMARTS) is 1. The zero-order valence-electron chi connectivity index (χ0n) is 9.99. The number of rotatable bonds is 3. The SMILES string of the molecule is O=C(O)c1ccc2nc(NC(=O)c3cccs3)sc2c1. The van der Waals surface area contributed by atoms with Gasteiger partial charge in [0.15, 0.2) is 5.13 Å². The predicted molar refractivity (Wildman–Crippen MR) is 78.9 cm³/mol. The molecule has 0 aliphatic carbocycles. The van der Waals surface area contributed by atoms with Crippen LogP contribution in [-0.2, 0) is 0 Å². The van der Waals surface area contributed by atoms with Crippen molar-refractivity contribution in [2.45, 2.75) is 0 Å². The van der Waals surface area contributed by atoms with Crippen LogP contribution in [0.2, 0.25) is 0 Å². The Morgan fingerprint density at radius 2 is 2.10 bits per heavy atom. The maximum Gasteiger partial charge on any atom is 0.335 e. The summed E-state index contributed by atoms with van der Waals surface area (Å²) < 4.78 is 0.728. The summed E-state index contributed by atoms with van der Waals surface area (Å²) in [5.41, 5.74) is 0.874. The van der Waals surface area contributed by atoms with Crippen molar-refractivity contribution in [2.75, 3.05) is 5.32 Å². The fourth-order valence-corrected chi connectivity index (χ4v) is 3.20. The van der Waals surface area contributed by atoms with Crippen LogP contribution >= 0.6 is 22.7 Å². The molecule has 2 aromatic heterocycles. The molecule has 1 amide bonds. The Morgan fingerprint density at radius 3 is 2.80 bits per heavy atom. The number of fused-ring (bicyclic) bond motifs is 1. The number of thiazole rings is 1. The molecule has 0 spiro atoms. The lowest BCUT2D eigenvalue weighted by atomic mass is 10.2. The summed E-state index contributed by atoms with van der Waals surface area (Å²) >= 11 is 2.60. The van der Waals surface area contributed by atoms with Gasteiger partial charge in [0.1, 0.15) is 0 Å². The van der Waals surface area contributed by atoms with Crippen LogP contribution in [0.25, 0.3) is 10.2 Å². The van der Waals surface area contributed by atoms with Crippen LogP contribution in [-0.4, -0.2) is 22.0 Å². The van der Waals surface area contributed by atoms with E-state index in [2.05, 4.69) is 10.3 Å². The lowest BCUT2D eigenvalue weighted by Gasteiger charge is -1.96. The molecular weight excluding hydrogens is 296 g/mol. The summed E-state index contributed by atoms with van der Waals surface area (Å²) in [5, 5.41) is 13.9. The first-order valence-electron chi connectivity index (χ1n) is 5.62. The quantitative estimate of drug-likeness (QED) is 0.778. The minimum atomic E-state index is -0.982. The number of carbonyl (C=O) groups is 2. The molecule has 5 nitrogen and oxygen atoms in total. The number of aromatic carboxylic acids is 1. The van der Waals surface area contributed by atoms with Gasteiger partial charge < -0.3 is 5.11 Å². The average Bonchev–Trinajstić information content (AvgIpc) is 3.06. The monoisotopic (exact) mass is 304 g/mol. The Labute approximate surface area is 121 Å². The average molecular weight is 304 g/mol. The highest BCUT2D eigenvalue weighted by molar-refractivity contribution is 7.22. The standard InChI is InChI=1S/C13H8N2O3S2/c16-11(9-2-1-5-19-9)15-13-14-8-4-3-7(12(17)18)6-10(8)20-13/h1-6H,(H,17,18)(H,14,15,16). The Bertz CT molecular complexity index is 793. The number of carboxylic acids is 1. The molecule has 20 heavy (non-hydrogen) atoms. The van der Waals surface area contributed by atoms with Gasteiger partial charge >= 0.3 is 5.97 Å². The molecule has 0 fully saturated rings. The molecular formula is C13H8N2O3S2. The van der Waals surface area contributed by atoms with Gasteiger partial charge in [0, 0.05) is 0 Å². The molecule has 0 aliphatic heterocycles. The highest BCUT2D eigenvalue weighted by atomic mass is 32.1. The number of thiophene rings is 1. The van der Waals surface area contributed by atoms with Gasteiger partial charge in [-0.1, -0.05) is 17.4 Å². The van der Waals surface area contributed by atoms with Gasteiger partial charge in [0.2, 0.25) is 0 Å². The van der Waals surface area contributed by atoms with Crippen LogP contribution in [0.5, 0.6) is 0 Å². The van der Waals surface area contributed by atoms with E-state index in [1.165, 1.54) is 28.7 Å². The van der Waals surface area contributed by atoms with E-state index < -0.39 is 5.97 Å². The molecule has 3 aromatic rings. The molecule has 7 heteroatoms. The lowest BCUT2D eigenvalue weighted by molar-refractivity contribution is 0.0697. The molecule has 0 saturated heterocycles. The number of benzene rings is 1. The van der Waals surface area contributed by atoms with E-state index in [9.17, 15) is 9.59 Å². The lowest BCUT2D eigenvalue weighted by Crippen LogP contribution is -2.09. The van der Waals surface area contributed by atoms with Crippen LogP contribution in [0.3, 0.4) is 0 Å². The van der Waals surface area contributed by atoms with E-state index in [-0.39, 0.29) is 11.5 Å². The van der Waals surface area contributed by atoms with E-state index in [0.29, 0.717) is 15.5 Å². The minimum absolute atomic E-state index is 0.206. The smallest absolute Gasteiger partial charge is 0.335 e. The third-order valence-corrected chi connectivity index (χ3v) is 4.40. The number of amides is 1. The third-order valence-electron chi connectivity index (χ3n) is 2.60. The van der Waals surface area contributed by atoms with Gasteiger partial charge in [-0.2, -0.15) is 0 Å². The van der Waals surface area contributed by atoms with Gasteiger partial charge in [-0.15, -0.1) is 11.3 Å². The van der Waals surface area contributed by atoms with E-state index in [0.717, 1.165) is 4.70 Å². The maximum atomic E-state index is 11.9. The van der Waals surface area contributed by atoms with Crippen LogP contribution in [0.15, 0.2) is 35.7 Å². The van der Waals surface area contributed by atoms with Crippen molar-refractivity contribution in [3.05, 3.63) is 46.2 Å². The molecule has 0 bridgehead atoms. The summed E-state index contributed by atoms with van der Waals surface area (Å²) in [4.78, 5) is 27.7. The first kappa shape index (κ1) is 12.8. The number of hydrogen-bond donors (Lipinski definition) is 2. The van der Waals surface area contributed by atoms with Crippen molar-refractivity contribution >= 4 is 49.9 Å². The number of aromatic nitrogens is 1. The predicted octanol–water partition coefficient (Wildman–Crippen LogP) is 3.31. The first-order chi connectivity index (χ1) is 9.63. The molecule has 0 radical (unpaired) electrons. The van der Waals surface area contributed by atoms with Crippen LogP contribution in [0.1, 0.15) is 20.0 Å². The molecule has 0 atom stereocenters. The largest absolute Gasteiger partial charge is 0.478 e. The van der Waals surface area contributed by atoms with E-state index in [4.69, 9.17) is 5.11 Å². The number of nitrogens with zero attached hydrogens (tertiary/aromatic N) is 1. The first-order valence-corrected chi connectivity index (χ1v) is 7.32. The zero-order valence-corrected chi connectivity index (χ0v) is 11.6. The summed E-state index contributed by atoms with van der Waals surface area (Å²) in [5.74, 6) is -1.19. The fourth-order valence-electron chi connectivity index (χ4n) is 1.68. The minimum Gasteiger partial charge on any atom is -0.478 e. The van der Waals surface area contributed by atoms with E-state index in [1.807, 2.05) is 5.38 Å². The normalized spacial score (nSPS) is 10.6. The summed E-state index contributed by atoms with van der Waals surface area (Å²) in [6, 6.07) is 8.22. The van der Waals surface area contributed by atoms with Gasteiger partial charge in [0.05, 0.1) is 20.7 Å². The fraction of sp³-hybridized carbons (Fsp3) is 0. The molecule has 0 saturated carbocycles. The molecule has 0 aliphatic rings. The van der Waals surface area contributed by atoms with Crippen molar-refractivity contribution in [1.29, 1.82) is 0 Å². The van der Waals surface area contributed by atoms with Gasteiger partial charge in [-0.3, -0.25) is 10.1 Å². The molecule has 1 aromatic carbocycles. The number of nitrogens with one attached hydrogen (secondary N) is 1. The topological polar surface area (TPSA) is 79.3 Å². The number of anilines is 1. The van der Waals surface area contributed by atoms with Crippen molar-refractivity contribution in [1.82, 2.24) is 4.98 Å². The number of hydrogen-bond acceptors (Lipinski definition) is 5.